The summed E-state index contributed by atoms with van der Waals surface area (Å²) in [6.07, 6.45) is -2.77. The zero-order chi connectivity index (χ0) is 25.9. The number of benzene rings is 1. The minimum Gasteiger partial charge on any atom is -0.484 e. The van der Waals surface area contributed by atoms with Crippen molar-refractivity contribution in [2.24, 2.45) is 7.05 Å². The smallest absolute Gasteiger partial charge is 0.484 e. The standard InChI is InChI=1S/C23H25F3N4O6/c1-12-18(24)19(30(2)29-12)20(33)28-21-5-7-22(8-6-21,16(31)10-21)27-17(32)11-34-13-3-4-14-15(9-13)36-23(25,26)35-14/h3-4,9,16,31H,5-8,10-11H2,1-2H3,(H,27,32)(H,28,33)/t16-,21?,22?/m0/s1. The van der Waals surface area contributed by atoms with Crippen molar-refractivity contribution in [2.75, 3.05) is 6.61 Å². The van der Waals surface area contributed by atoms with E-state index in [2.05, 4.69) is 25.2 Å². The minimum atomic E-state index is -3.75. The molecule has 0 saturated heterocycles. The number of aliphatic hydroxyl groups excluding tert-OH is 1. The predicted molar refractivity (Wildman–Crippen MR) is 116 cm³/mol. The highest BCUT2D eigenvalue weighted by Crippen LogP contribution is 2.47. The fourth-order valence-electron chi connectivity index (χ4n) is 5.32. The summed E-state index contributed by atoms with van der Waals surface area (Å²) in [5.41, 5.74) is -1.66. The summed E-state index contributed by atoms with van der Waals surface area (Å²) < 4.78 is 56.0. The summed E-state index contributed by atoms with van der Waals surface area (Å²) >= 11 is 0. The molecule has 1 aromatic heterocycles. The lowest BCUT2D eigenvalue weighted by Crippen LogP contribution is -2.70. The molecule has 10 nitrogen and oxygen atoms in total. The van der Waals surface area contributed by atoms with Crippen LogP contribution < -0.4 is 24.8 Å². The lowest BCUT2D eigenvalue weighted by Gasteiger charge is -2.56. The van der Waals surface area contributed by atoms with E-state index in [0.717, 1.165) is 0 Å². The highest BCUT2D eigenvalue weighted by Gasteiger charge is 2.55. The van der Waals surface area contributed by atoms with Gasteiger partial charge >= 0.3 is 6.29 Å². The van der Waals surface area contributed by atoms with Crippen molar-refractivity contribution < 1.29 is 42.1 Å². The van der Waals surface area contributed by atoms with Crippen molar-refractivity contribution in [3.05, 3.63) is 35.4 Å². The van der Waals surface area contributed by atoms with E-state index in [-0.39, 0.29) is 35.1 Å². The normalized spacial score (nSPS) is 27.6. The van der Waals surface area contributed by atoms with Gasteiger partial charge < -0.3 is 30.0 Å². The second-order valence-corrected chi connectivity index (χ2v) is 9.60. The monoisotopic (exact) mass is 510 g/mol. The van der Waals surface area contributed by atoms with Crippen molar-refractivity contribution in [3.8, 4) is 17.2 Å². The van der Waals surface area contributed by atoms with E-state index in [9.17, 15) is 27.9 Å². The van der Waals surface area contributed by atoms with Gasteiger partial charge in [0, 0.05) is 18.7 Å². The van der Waals surface area contributed by atoms with Crippen LogP contribution in [-0.4, -0.2) is 56.8 Å². The molecule has 13 heteroatoms. The number of amides is 2. The molecule has 194 valence electrons. The Morgan fingerprint density at radius 2 is 1.89 bits per heavy atom. The molecule has 3 fully saturated rings. The minimum absolute atomic E-state index is 0.120. The van der Waals surface area contributed by atoms with Gasteiger partial charge in [-0.3, -0.25) is 14.3 Å². The van der Waals surface area contributed by atoms with Crippen molar-refractivity contribution in [2.45, 2.75) is 62.5 Å². The van der Waals surface area contributed by atoms with Gasteiger partial charge in [0.05, 0.1) is 17.3 Å². The molecule has 0 unspecified atom stereocenters. The summed E-state index contributed by atoms with van der Waals surface area (Å²) in [6, 6.07) is 3.82. The third-order valence-corrected chi connectivity index (χ3v) is 7.20. The van der Waals surface area contributed by atoms with Crippen LogP contribution in [-0.2, 0) is 11.8 Å². The van der Waals surface area contributed by atoms with E-state index in [1.165, 1.54) is 36.9 Å². The molecule has 2 bridgehead atoms. The molecule has 0 spiro atoms. The van der Waals surface area contributed by atoms with E-state index >= 15 is 0 Å². The molecule has 1 aliphatic heterocycles. The Labute approximate surface area is 203 Å². The average molecular weight is 510 g/mol. The molecule has 3 aliphatic carbocycles. The SMILES string of the molecule is Cc1nn(C)c(C(=O)NC23CCC(NC(=O)COc4ccc5c(c4)OC(F)(F)O5)(CC2)[C@@H](O)C3)c1F. The Balaban J connectivity index is 1.18. The fraction of sp³-hybridized carbons (Fsp3) is 0.522. The van der Waals surface area contributed by atoms with Crippen LogP contribution in [0.4, 0.5) is 13.2 Å². The summed E-state index contributed by atoms with van der Waals surface area (Å²) in [5, 5.41) is 20.6. The highest BCUT2D eigenvalue weighted by atomic mass is 19.3. The third kappa shape index (κ3) is 4.21. The highest BCUT2D eigenvalue weighted by molar-refractivity contribution is 5.93. The van der Waals surface area contributed by atoms with Crippen LogP contribution in [0.2, 0.25) is 0 Å². The molecular formula is C23H25F3N4O6. The number of ether oxygens (including phenoxy) is 3. The maximum Gasteiger partial charge on any atom is 0.586 e. The summed E-state index contributed by atoms with van der Waals surface area (Å²) in [6.45, 7) is 1.06. The van der Waals surface area contributed by atoms with Gasteiger partial charge in [-0.05, 0) is 51.2 Å². The van der Waals surface area contributed by atoms with Crippen LogP contribution in [0.25, 0.3) is 0 Å². The lowest BCUT2D eigenvalue weighted by molar-refractivity contribution is -0.286. The molecule has 0 radical (unpaired) electrons. The van der Waals surface area contributed by atoms with E-state index < -0.39 is 47.7 Å². The summed E-state index contributed by atoms with van der Waals surface area (Å²) in [4.78, 5) is 25.4. The first-order valence-electron chi connectivity index (χ1n) is 11.4. The first kappa shape index (κ1) is 24.2. The van der Waals surface area contributed by atoms with Crippen LogP contribution in [0, 0.1) is 12.7 Å². The first-order chi connectivity index (χ1) is 16.9. The zero-order valence-corrected chi connectivity index (χ0v) is 19.6. The molecule has 2 heterocycles. The molecule has 2 amide bonds. The van der Waals surface area contributed by atoms with Gasteiger partial charge in [-0.15, -0.1) is 8.78 Å². The van der Waals surface area contributed by atoms with Crippen LogP contribution >= 0.6 is 0 Å². The number of aryl methyl sites for hydroxylation is 2. The Hall–Kier alpha value is -3.48. The van der Waals surface area contributed by atoms with Crippen molar-refractivity contribution >= 4 is 11.8 Å². The largest absolute Gasteiger partial charge is 0.586 e. The molecule has 3 saturated carbocycles. The molecule has 4 aliphatic rings. The lowest BCUT2D eigenvalue weighted by atomic mass is 9.60. The number of carbonyl (C=O) groups is 2. The molecule has 1 atom stereocenters. The maximum absolute atomic E-state index is 14.3. The fourth-order valence-corrected chi connectivity index (χ4v) is 5.32. The van der Waals surface area contributed by atoms with Gasteiger partial charge in [0.25, 0.3) is 11.8 Å². The second kappa shape index (κ2) is 8.29. The van der Waals surface area contributed by atoms with Gasteiger partial charge in [0.2, 0.25) is 0 Å². The molecule has 6 rings (SSSR count). The number of nitrogens with one attached hydrogen (secondary N) is 2. The maximum atomic E-state index is 14.3. The number of halogens is 3. The van der Waals surface area contributed by atoms with E-state index in [0.29, 0.717) is 25.7 Å². The molecule has 36 heavy (non-hydrogen) atoms. The van der Waals surface area contributed by atoms with Crippen LogP contribution in [0.1, 0.15) is 48.3 Å². The zero-order valence-electron chi connectivity index (χ0n) is 19.6. The number of hydrogen-bond donors (Lipinski definition) is 3. The number of fused-ring (bicyclic) bond motifs is 4. The number of alkyl halides is 2. The summed E-state index contributed by atoms with van der Waals surface area (Å²) in [7, 11) is 1.49. The van der Waals surface area contributed by atoms with Crippen molar-refractivity contribution in [1.82, 2.24) is 20.4 Å². The predicted octanol–water partition coefficient (Wildman–Crippen LogP) is 1.93. The van der Waals surface area contributed by atoms with Gasteiger partial charge in [-0.1, -0.05) is 0 Å². The van der Waals surface area contributed by atoms with E-state index in [1.807, 2.05) is 0 Å². The Bertz CT molecular complexity index is 1220. The van der Waals surface area contributed by atoms with Crippen molar-refractivity contribution in [3.63, 3.8) is 0 Å². The summed E-state index contributed by atoms with van der Waals surface area (Å²) in [5.74, 6) is -1.99. The number of carbonyl (C=O) groups excluding carboxylic acids is 2. The van der Waals surface area contributed by atoms with Gasteiger partial charge in [-0.25, -0.2) is 4.39 Å². The topological polar surface area (TPSA) is 124 Å². The molecular weight excluding hydrogens is 485 g/mol. The number of aromatic nitrogens is 2. The number of aliphatic hydroxyl groups is 1. The van der Waals surface area contributed by atoms with Crippen LogP contribution in [0.15, 0.2) is 18.2 Å². The Morgan fingerprint density at radius 1 is 1.19 bits per heavy atom. The molecule has 3 N–H and O–H groups in total. The first-order valence-corrected chi connectivity index (χ1v) is 11.4. The Morgan fingerprint density at radius 3 is 2.53 bits per heavy atom. The van der Waals surface area contributed by atoms with Crippen LogP contribution in [0.3, 0.4) is 0 Å². The Kier molecular flexibility index (Phi) is 5.58. The van der Waals surface area contributed by atoms with Gasteiger partial charge in [0.1, 0.15) is 5.75 Å². The second-order valence-electron chi connectivity index (χ2n) is 9.60. The number of rotatable bonds is 6. The van der Waals surface area contributed by atoms with Crippen molar-refractivity contribution in [1.29, 1.82) is 0 Å². The number of nitrogens with zero attached hydrogens (tertiary/aromatic N) is 2. The average Bonchev–Trinajstić information content (AvgIpc) is 3.25. The molecule has 1 aromatic carbocycles. The quantitative estimate of drug-likeness (QED) is 0.543. The van der Waals surface area contributed by atoms with Gasteiger partial charge in [0.15, 0.2) is 29.6 Å². The molecule has 2 aromatic rings. The van der Waals surface area contributed by atoms with Gasteiger partial charge in [-0.2, -0.15) is 5.10 Å². The van der Waals surface area contributed by atoms with E-state index in [4.69, 9.17) is 4.74 Å². The number of hydrogen-bond acceptors (Lipinski definition) is 7. The third-order valence-electron chi connectivity index (χ3n) is 7.20. The van der Waals surface area contributed by atoms with Crippen LogP contribution in [0.5, 0.6) is 17.2 Å². The van der Waals surface area contributed by atoms with E-state index in [1.54, 1.807) is 0 Å².